The minimum absolute atomic E-state index is 0.0343. The van der Waals surface area contributed by atoms with Crippen LogP contribution in [-0.4, -0.2) is 49.4 Å². The van der Waals surface area contributed by atoms with Crippen LogP contribution in [0.5, 0.6) is 0 Å². The van der Waals surface area contributed by atoms with Gasteiger partial charge in [-0.25, -0.2) is 4.79 Å². The zero-order valence-corrected chi connectivity index (χ0v) is 13.5. The minimum Gasteiger partial charge on any atom is -0.445 e. The number of hydrogen-bond donors (Lipinski definition) is 1. The molecule has 1 heterocycles. The number of ether oxygens (including phenoxy) is 2. The van der Waals surface area contributed by atoms with Gasteiger partial charge in [0.15, 0.2) is 0 Å². The molecule has 5 nitrogen and oxygen atoms in total. The number of carbonyl (C=O) groups excluding carboxylic acids is 1. The molecule has 1 amide bonds. The van der Waals surface area contributed by atoms with Gasteiger partial charge in [-0.05, 0) is 18.9 Å². The number of rotatable bonds is 6. The number of carbonyl (C=O) groups is 1. The van der Waals surface area contributed by atoms with Crippen LogP contribution < -0.4 is 5.32 Å². The lowest BCUT2D eigenvalue weighted by atomic mass is 10.2. The fourth-order valence-electron chi connectivity index (χ4n) is 2.30. The van der Waals surface area contributed by atoms with E-state index in [4.69, 9.17) is 9.47 Å². The number of nitrogens with zero attached hydrogens (tertiary/aromatic N) is 1. The Bertz CT molecular complexity index is 452. The Morgan fingerprint density at radius 1 is 1.45 bits per heavy atom. The highest BCUT2D eigenvalue weighted by molar-refractivity contribution is 5.67. The summed E-state index contributed by atoms with van der Waals surface area (Å²) in [6.07, 6.45) is 0.850. The third kappa shape index (κ3) is 5.31. The Kier molecular flexibility index (Phi) is 6.68. The molecule has 1 aliphatic heterocycles. The van der Waals surface area contributed by atoms with Gasteiger partial charge in [-0.2, -0.15) is 0 Å². The van der Waals surface area contributed by atoms with Crippen molar-refractivity contribution >= 4 is 6.09 Å². The van der Waals surface area contributed by atoms with E-state index in [9.17, 15) is 4.79 Å². The number of benzene rings is 1. The fourth-order valence-corrected chi connectivity index (χ4v) is 2.30. The summed E-state index contributed by atoms with van der Waals surface area (Å²) in [5.41, 5.74) is 0.999. The van der Waals surface area contributed by atoms with E-state index >= 15 is 0 Å². The molecule has 0 radical (unpaired) electrons. The molecule has 1 aromatic carbocycles. The molecule has 1 aromatic rings. The molecular formula is C17H26N2O3. The second-order valence-electron chi connectivity index (χ2n) is 5.70. The summed E-state index contributed by atoms with van der Waals surface area (Å²) < 4.78 is 11.1. The number of morpholine rings is 1. The van der Waals surface area contributed by atoms with E-state index in [2.05, 4.69) is 19.2 Å². The van der Waals surface area contributed by atoms with Gasteiger partial charge in [0, 0.05) is 19.1 Å². The van der Waals surface area contributed by atoms with Crippen LogP contribution in [-0.2, 0) is 16.1 Å². The number of nitrogens with one attached hydrogen (secondary N) is 1. The normalized spacial score (nSPS) is 19.7. The fraction of sp³-hybridized carbons (Fsp3) is 0.588. The van der Waals surface area contributed by atoms with Crippen LogP contribution >= 0.6 is 0 Å². The highest BCUT2D eigenvalue weighted by Crippen LogP contribution is 2.09. The first-order valence-corrected chi connectivity index (χ1v) is 7.99. The van der Waals surface area contributed by atoms with Gasteiger partial charge in [-0.15, -0.1) is 0 Å². The lowest BCUT2D eigenvalue weighted by molar-refractivity contribution is -0.0278. The van der Waals surface area contributed by atoms with Gasteiger partial charge in [0.2, 0.25) is 0 Å². The van der Waals surface area contributed by atoms with Crippen molar-refractivity contribution in [3.05, 3.63) is 35.9 Å². The van der Waals surface area contributed by atoms with Crippen molar-refractivity contribution in [3.8, 4) is 0 Å². The third-order valence-electron chi connectivity index (χ3n) is 3.91. The lowest BCUT2D eigenvalue weighted by Gasteiger charge is -2.33. The summed E-state index contributed by atoms with van der Waals surface area (Å²) in [4.78, 5) is 13.9. The number of hydrogen-bond acceptors (Lipinski definition) is 4. The van der Waals surface area contributed by atoms with Crippen molar-refractivity contribution in [1.29, 1.82) is 0 Å². The van der Waals surface area contributed by atoms with Gasteiger partial charge in [0.1, 0.15) is 6.61 Å². The highest BCUT2D eigenvalue weighted by Gasteiger charge is 2.25. The van der Waals surface area contributed by atoms with Gasteiger partial charge < -0.3 is 19.7 Å². The molecule has 0 spiro atoms. The monoisotopic (exact) mass is 306 g/mol. The highest BCUT2D eigenvalue weighted by atomic mass is 16.6. The Labute approximate surface area is 132 Å². The SMILES string of the molecule is CCC(C)NCC1CN(C(=O)OCc2ccccc2)CCO1. The topological polar surface area (TPSA) is 50.8 Å². The molecule has 1 N–H and O–H groups in total. The van der Waals surface area contributed by atoms with Crippen molar-refractivity contribution < 1.29 is 14.3 Å². The van der Waals surface area contributed by atoms with Gasteiger partial charge in [-0.3, -0.25) is 0 Å². The molecule has 1 saturated heterocycles. The molecule has 0 aromatic heterocycles. The predicted octanol–water partition coefficient (Wildman–Crippen LogP) is 2.41. The summed E-state index contributed by atoms with van der Waals surface area (Å²) >= 11 is 0. The molecule has 0 bridgehead atoms. The van der Waals surface area contributed by atoms with Gasteiger partial charge >= 0.3 is 6.09 Å². The Hall–Kier alpha value is -1.59. The van der Waals surface area contributed by atoms with Crippen LogP contribution in [0.1, 0.15) is 25.8 Å². The van der Waals surface area contributed by atoms with Crippen LogP contribution in [0.15, 0.2) is 30.3 Å². The smallest absolute Gasteiger partial charge is 0.410 e. The largest absolute Gasteiger partial charge is 0.445 e. The molecule has 2 unspecified atom stereocenters. The minimum atomic E-state index is -0.263. The lowest BCUT2D eigenvalue weighted by Crippen LogP contribution is -2.49. The molecule has 5 heteroatoms. The van der Waals surface area contributed by atoms with E-state index in [1.807, 2.05) is 30.3 Å². The van der Waals surface area contributed by atoms with Crippen LogP contribution in [0.4, 0.5) is 4.79 Å². The number of amides is 1. The molecule has 22 heavy (non-hydrogen) atoms. The molecule has 0 saturated carbocycles. The second-order valence-corrected chi connectivity index (χ2v) is 5.70. The van der Waals surface area contributed by atoms with E-state index in [-0.39, 0.29) is 12.2 Å². The van der Waals surface area contributed by atoms with Crippen molar-refractivity contribution in [2.24, 2.45) is 0 Å². The summed E-state index contributed by atoms with van der Waals surface area (Å²) in [5.74, 6) is 0. The quantitative estimate of drug-likeness (QED) is 0.877. The first kappa shape index (κ1) is 16.8. The first-order valence-electron chi connectivity index (χ1n) is 7.99. The molecule has 2 rings (SSSR count). The van der Waals surface area contributed by atoms with Crippen molar-refractivity contribution in [2.75, 3.05) is 26.2 Å². The Balaban J connectivity index is 1.75. The predicted molar refractivity (Wildman–Crippen MR) is 85.7 cm³/mol. The molecule has 1 fully saturated rings. The maximum Gasteiger partial charge on any atom is 0.410 e. The van der Waals surface area contributed by atoms with Crippen LogP contribution in [0.3, 0.4) is 0 Å². The molecular weight excluding hydrogens is 280 g/mol. The maximum atomic E-state index is 12.1. The van der Waals surface area contributed by atoms with Gasteiger partial charge in [0.25, 0.3) is 0 Å². The van der Waals surface area contributed by atoms with Crippen LogP contribution in [0.2, 0.25) is 0 Å². The maximum absolute atomic E-state index is 12.1. The van der Waals surface area contributed by atoms with Crippen LogP contribution in [0, 0.1) is 0 Å². The zero-order chi connectivity index (χ0) is 15.8. The van der Waals surface area contributed by atoms with Crippen molar-refractivity contribution in [1.82, 2.24) is 10.2 Å². The standard InChI is InChI=1S/C17H26N2O3/c1-3-14(2)18-11-16-12-19(9-10-21-16)17(20)22-13-15-7-5-4-6-8-15/h4-8,14,16,18H,3,9-13H2,1-2H3. The molecule has 0 aliphatic carbocycles. The first-order chi connectivity index (χ1) is 10.7. The second kappa shape index (κ2) is 8.76. The molecule has 2 atom stereocenters. The van der Waals surface area contributed by atoms with Crippen molar-refractivity contribution in [3.63, 3.8) is 0 Å². The summed E-state index contributed by atoms with van der Waals surface area (Å²) in [6.45, 7) is 7.10. The Morgan fingerprint density at radius 2 is 2.23 bits per heavy atom. The van der Waals surface area contributed by atoms with E-state index in [0.717, 1.165) is 18.5 Å². The van der Waals surface area contributed by atoms with Gasteiger partial charge in [0.05, 0.1) is 19.3 Å². The Morgan fingerprint density at radius 3 is 2.95 bits per heavy atom. The average molecular weight is 306 g/mol. The van der Waals surface area contributed by atoms with E-state index in [0.29, 0.717) is 32.3 Å². The average Bonchev–Trinajstić information content (AvgIpc) is 2.58. The summed E-state index contributed by atoms with van der Waals surface area (Å²) in [6, 6.07) is 10.2. The van der Waals surface area contributed by atoms with Gasteiger partial charge in [-0.1, -0.05) is 37.3 Å². The molecule has 122 valence electrons. The van der Waals surface area contributed by atoms with E-state index < -0.39 is 0 Å². The van der Waals surface area contributed by atoms with E-state index in [1.165, 1.54) is 0 Å². The third-order valence-corrected chi connectivity index (χ3v) is 3.91. The molecule has 1 aliphatic rings. The summed E-state index contributed by atoms with van der Waals surface area (Å²) in [7, 11) is 0. The van der Waals surface area contributed by atoms with Crippen molar-refractivity contribution in [2.45, 2.75) is 39.0 Å². The van der Waals surface area contributed by atoms with E-state index in [1.54, 1.807) is 4.90 Å². The zero-order valence-electron chi connectivity index (χ0n) is 13.5. The van der Waals surface area contributed by atoms with Crippen LogP contribution in [0.25, 0.3) is 0 Å². The summed E-state index contributed by atoms with van der Waals surface area (Å²) in [5, 5.41) is 3.42.